The maximum absolute atomic E-state index is 13.0. The van der Waals surface area contributed by atoms with Crippen molar-refractivity contribution in [3.63, 3.8) is 0 Å². The Labute approximate surface area is 149 Å². The Hall–Kier alpha value is -3.09. The van der Waals surface area contributed by atoms with Crippen LogP contribution < -0.4 is 5.73 Å². The third kappa shape index (κ3) is 3.61. The van der Waals surface area contributed by atoms with Crippen molar-refractivity contribution in [2.75, 3.05) is 13.1 Å². The number of benzene rings is 1. The van der Waals surface area contributed by atoms with Gasteiger partial charge < -0.3 is 10.6 Å². The number of likely N-dealkylation sites (tertiary alicyclic amines) is 1. The molecule has 0 saturated carbocycles. The number of aromatic nitrogens is 1. The van der Waals surface area contributed by atoms with E-state index in [1.54, 1.807) is 11.0 Å². The fourth-order valence-electron chi connectivity index (χ4n) is 3.14. The van der Waals surface area contributed by atoms with Gasteiger partial charge in [0.2, 0.25) is 0 Å². The summed E-state index contributed by atoms with van der Waals surface area (Å²) in [6.07, 6.45) is 2.42. The van der Waals surface area contributed by atoms with Gasteiger partial charge in [-0.3, -0.25) is 19.4 Å². The Morgan fingerprint density at radius 3 is 2.35 bits per heavy atom. The number of piperidine rings is 1. The molecule has 2 heterocycles. The van der Waals surface area contributed by atoms with Crippen LogP contribution >= 0.6 is 0 Å². The van der Waals surface area contributed by atoms with E-state index in [0.29, 0.717) is 31.5 Å². The number of primary amides is 1. The average molecular weight is 355 g/mol. The Bertz CT molecular complexity index is 843. The molecule has 1 aliphatic rings. The van der Waals surface area contributed by atoms with Crippen LogP contribution in [0.1, 0.15) is 44.0 Å². The SMILES string of the molecule is NC(=O)c1ncccc1C(=O)N1CCC(C(=O)c2ccc(F)cc2)CC1. The minimum absolute atomic E-state index is 0.0451. The summed E-state index contributed by atoms with van der Waals surface area (Å²) in [5, 5.41) is 0. The van der Waals surface area contributed by atoms with Crippen LogP contribution in [0.5, 0.6) is 0 Å². The van der Waals surface area contributed by atoms with Crippen molar-refractivity contribution < 1.29 is 18.8 Å². The molecule has 1 saturated heterocycles. The van der Waals surface area contributed by atoms with Crippen molar-refractivity contribution >= 4 is 17.6 Å². The first-order chi connectivity index (χ1) is 12.5. The van der Waals surface area contributed by atoms with E-state index >= 15 is 0 Å². The van der Waals surface area contributed by atoms with Crippen LogP contribution in [0.15, 0.2) is 42.6 Å². The van der Waals surface area contributed by atoms with Crippen LogP contribution in [-0.4, -0.2) is 40.6 Å². The highest BCUT2D eigenvalue weighted by atomic mass is 19.1. The van der Waals surface area contributed by atoms with Gasteiger partial charge in [0, 0.05) is 30.8 Å². The number of halogens is 1. The first-order valence-electron chi connectivity index (χ1n) is 8.31. The van der Waals surface area contributed by atoms with Crippen molar-refractivity contribution in [1.82, 2.24) is 9.88 Å². The molecule has 134 valence electrons. The number of rotatable bonds is 4. The molecule has 3 rings (SSSR count). The molecule has 6 nitrogen and oxygen atoms in total. The van der Waals surface area contributed by atoms with Crippen LogP contribution in [0.3, 0.4) is 0 Å². The summed E-state index contributed by atoms with van der Waals surface area (Å²) in [5.41, 5.74) is 5.86. The first kappa shape index (κ1) is 17.7. The number of carbonyl (C=O) groups excluding carboxylic acids is 3. The average Bonchev–Trinajstić information content (AvgIpc) is 2.67. The zero-order chi connectivity index (χ0) is 18.7. The van der Waals surface area contributed by atoms with Crippen molar-refractivity contribution in [3.05, 3.63) is 65.2 Å². The molecule has 0 atom stereocenters. The number of nitrogens with zero attached hydrogens (tertiary/aromatic N) is 2. The lowest BCUT2D eigenvalue weighted by Gasteiger charge is -2.31. The van der Waals surface area contributed by atoms with Gasteiger partial charge in [-0.05, 0) is 49.2 Å². The fourth-order valence-corrected chi connectivity index (χ4v) is 3.14. The van der Waals surface area contributed by atoms with Crippen LogP contribution in [0, 0.1) is 11.7 Å². The predicted molar refractivity (Wildman–Crippen MR) is 92.1 cm³/mol. The van der Waals surface area contributed by atoms with Gasteiger partial charge in [0.1, 0.15) is 11.5 Å². The second-order valence-corrected chi connectivity index (χ2v) is 6.20. The summed E-state index contributed by atoms with van der Waals surface area (Å²) < 4.78 is 13.0. The van der Waals surface area contributed by atoms with Gasteiger partial charge in [-0.1, -0.05) is 0 Å². The summed E-state index contributed by atoms with van der Waals surface area (Å²) in [7, 11) is 0. The third-order valence-corrected chi connectivity index (χ3v) is 4.55. The molecule has 0 spiro atoms. The van der Waals surface area contributed by atoms with Crippen LogP contribution in [0.4, 0.5) is 4.39 Å². The second-order valence-electron chi connectivity index (χ2n) is 6.20. The summed E-state index contributed by atoms with van der Waals surface area (Å²) in [6.45, 7) is 0.785. The molecule has 2 aromatic rings. The number of amides is 2. The Morgan fingerprint density at radius 1 is 1.08 bits per heavy atom. The molecule has 0 unspecified atom stereocenters. The highest BCUT2D eigenvalue weighted by molar-refractivity contribution is 6.05. The number of ketones is 1. The van der Waals surface area contributed by atoms with Gasteiger partial charge in [-0.2, -0.15) is 0 Å². The zero-order valence-corrected chi connectivity index (χ0v) is 14.0. The maximum atomic E-state index is 13.0. The highest BCUT2D eigenvalue weighted by Gasteiger charge is 2.29. The van der Waals surface area contributed by atoms with E-state index < -0.39 is 5.91 Å². The third-order valence-electron chi connectivity index (χ3n) is 4.55. The predicted octanol–water partition coefficient (Wildman–Crippen LogP) is 2.05. The zero-order valence-electron chi connectivity index (χ0n) is 14.0. The minimum atomic E-state index is -0.754. The topological polar surface area (TPSA) is 93.4 Å². The Kier molecular flexibility index (Phi) is 5.06. The number of pyridine rings is 1. The molecular weight excluding hydrogens is 337 g/mol. The van der Waals surface area contributed by atoms with Crippen LogP contribution in [-0.2, 0) is 0 Å². The Morgan fingerprint density at radius 2 is 1.73 bits per heavy atom. The molecule has 7 heteroatoms. The lowest BCUT2D eigenvalue weighted by Crippen LogP contribution is -2.41. The summed E-state index contributed by atoms with van der Waals surface area (Å²) in [4.78, 5) is 42.1. The standard InChI is InChI=1S/C19H18FN3O3/c20-14-5-3-12(4-6-14)17(24)13-7-10-23(11-8-13)19(26)15-2-1-9-22-16(15)18(21)25/h1-6,9,13H,7-8,10-11H2,(H2,21,25). The number of Topliss-reactive ketones (excluding diaryl/α,β-unsaturated/α-hetero) is 1. The van der Waals surface area contributed by atoms with Crippen molar-refractivity contribution in [2.45, 2.75) is 12.8 Å². The number of carbonyl (C=O) groups is 3. The van der Waals surface area contributed by atoms with E-state index in [1.165, 1.54) is 36.5 Å². The van der Waals surface area contributed by atoms with E-state index in [1.807, 2.05) is 0 Å². The van der Waals surface area contributed by atoms with Crippen LogP contribution in [0.2, 0.25) is 0 Å². The van der Waals surface area contributed by atoms with Crippen LogP contribution in [0.25, 0.3) is 0 Å². The van der Waals surface area contributed by atoms with Gasteiger partial charge in [0.15, 0.2) is 5.78 Å². The molecule has 26 heavy (non-hydrogen) atoms. The van der Waals surface area contributed by atoms with E-state index in [2.05, 4.69) is 4.98 Å². The lowest BCUT2D eigenvalue weighted by atomic mass is 9.88. The van der Waals surface area contributed by atoms with Gasteiger partial charge in [-0.15, -0.1) is 0 Å². The van der Waals surface area contributed by atoms with Gasteiger partial charge in [0.25, 0.3) is 11.8 Å². The van der Waals surface area contributed by atoms with Crippen molar-refractivity contribution in [2.24, 2.45) is 11.7 Å². The van der Waals surface area contributed by atoms with Crippen molar-refractivity contribution in [1.29, 1.82) is 0 Å². The number of hydrogen-bond donors (Lipinski definition) is 1. The molecule has 2 amide bonds. The highest BCUT2D eigenvalue weighted by Crippen LogP contribution is 2.23. The van der Waals surface area contributed by atoms with Gasteiger partial charge in [0.05, 0.1) is 5.56 Å². The molecule has 0 radical (unpaired) electrons. The number of nitrogens with two attached hydrogens (primary N) is 1. The largest absolute Gasteiger partial charge is 0.364 e. The van der Waals surface area contributed by atoms with E-state index in [-0.39, 0.29) is 34.7 Å². The quantitative estimate of drug-likeness (QED) is 0.850. The normalized spacial score (nSPS) is 14.9. The van der Waals surface area contributed by atoms with Crippen molar-refractivity contribution in [3.8, 4) is 0 Å². The molecule has 0 aliphatic carbocycles. The summed E-state index contributed by atoms with van der Waals surface area (Å²) >= 11 is 0. The van der Waals surface area contributed by atoms with E-state index in [4.69, 9.17) is 5.73 Å². The van der Waals surface area contributed by atoms with E-state index in [0.717, 1.165) is 0 Å². The molecule has 0 bridgehead atoms. The minimum Gasteiger partial charge on any atom is -0.364 e. The van der Waals surface area contributed by atoms with Gasteiger partial charge in [-0.25, -0.2) is 4.39 Å². The first-order valence-corrected chi connectivity index (χ1v) is 8.31. The number of hydrogen-bond acceptors (Lipinski definition) is 4. The summed E-state index contributed by atoms with van der Waals surface area (Å²) in [6, 6.07) is 8.57. The lowest BCUT2D eigenvalue weighted by molar-refractivity contribution is 0.0647. The molecule has 1 fully saturated rings. The monoisotopic (exact) mass is 355 g/mol. The molecule has 1 aromatic carbocycles. The van der Waals surface area contributed by atoms with E-state index in [9.17, 15) is 18.8 Å². The Balaban J connectivity index is 1.67. The maximum Gasteiger partial charge on any atom is 0.268 e. The van der Waals surface area contributed by atoms with Gasteiger partial charge >= 0.3 is 0 Å². The fraction of sp³-hybridized carbons (Fsp3) is 0.263. The smallest absolute Gasteiger partial charge is 0.268 e. The summed E-state index contributed by atoms with van der Waals surface area (Å²) in [5.74, 6) is -1.72. The molecular formula is C19H18FN3O3. The molecule has 1 aromatic heterocycles. The molecule has 1 aliphatic heterocycles. The molecule has 2 N–H and O–H groups in total. The second kappa shape index (κ2) is 7.43.